The highest BCUT2D eigenvalue weighted by Crippen LogP contribution is 2.18. The summed E-state index contributed by atoms with van der Waals surface area (Å²) in [6, 6.07) is 7.64. The van der Waals surface area contributed by atoms with Crippen LogP contribution in [0.1, 0.15) is 12.5 Å². The number of aryl methyl sites for hydroxylation is 2. The molecule has 0 aliphatic heterocycles. The Morgan fingerprint density at radius 3 is 2.57 bits per heavy atom. The third-order valence-corrected chi connectivity index (χ3v) is 3.27. The van der Waals surface area contributed by atoms with Gasteiger partial charge in [-0.25, -0.2) is 4.79 Å². The highest BCUT2D eigenvalue weighted by atomic mass is 16.6. The lowest BCUT2D eigenvalue weighted by Crippen LogP contribution is -2.39. The summed E-state index contributed by atoms with van der Waals surface area (Å²) < 4.78 is 2.51. The maximum absolute atomic E-state index is 12.1. The van der Waals surface area contributed by atoms with Crippen molar-refractivity contribution in [1.82, 2.24) is 9.13 Å². The predicted octanol–water partition coefficient (Wildman–Crippen LogP) is 1.18. The molecule has 0 spiro atoms. The third kappa shape index (κ3) is 3.07. The predicted molar refractivity (Wildman–Crippen MR) is 77.4 cm³/mol. The molecule has 110 valence electrons. The van der Waals surface area contributed by atoms with Gasteiger partial charge in [-0.15, -0.1) is 0 Å². The lowest BCUT2D eigenvalue weighted by Gasteiger charge is -2.08. The van der Waals surface area contributed by atoms with Gasteiger partial charge in [0.2, 0.25) is 0 Å². The number of rotatable bonds is 5. The Kier molecular flexibility index (Phi) is 4.32. The Bertz CT molecular complexity index is 776. The minimum Gasteiger partial charge on any atom is -0.301 e. The largest absolute Gasteiger partial charge is 0.330 e. The van der Waals surface area contributed by atoms with Gasteiger partial charge in [-0.2, -0.15) is 0 Å². The van der Waals surface area contributed by atoms with Crippen LogP contribution in [0.3, 0.4) is 0 Å². The number of nitro benzene ring substituents is 1. The Labute approximate surface area is 120 Å². The molecule has 0 aliphatic rings. The van der Waals surface area contributed by atoms with E-state index in [1.54, 1.807) is 25.1 Å². The van der Waals surface area contributed by atoms with Crippen molar-refractivity contribution in [2.24, 2.45) is 0 Å². The monoisotopic (exact) mass is 289 g/mol. The molecule has 0 aliphatic carbocycles. The fourth-order valence-corrected chi connectivity index (χ4v) is 2.14. The molecule has 21 heavy (non-hydrogen) atoms. The highest BCUT2D eigenvalue weighted by Gasteiger charge is 2.13. The van der Waals surface area contributed by atoms with Crippen LogP contribution < -0.4 is 11.2 Å². The molecule has 0 unspecified atom stereocenters. The van der Waals surface area contributed by atoms with Crippen LogP contribution in [-0.4, -0.2) is 14.1 Å². The van der Waals surface area contributed by atoms with Crippen LogP contribution in [-0.2, 0) is 19.5 Å². The van der Waals surface area contributed by atoms with E-state index in [2.05, 4.69) is 0 Å². The van der Waals surface area contributed by atoms with Gasteiger partial charge >= 0.3 is 5.69 Å². The molecule has 0 amide bonds. The molecule has 0 bridgehead atoms. The molecule has 2 aromatic rings. The van der Waals surface area contributed by atoms with E-state index in [1.165, 1.54) is 22.9 Å². The van der Waals surface area contributed by atoms with Crippen molar-refractivity contribution >= 4 is 5.69 Å². The maximum Gasteiger partial charge on any atom is 0.330 e. The van der Waals surface area contributed by atoms with Crippen molar-refractivity contribution in [2.45, 2.75) is 26.4 Å². The lowest BCUT2D eigenvalue weighted by atomic mass is 10.1. The molecule has 0 saturated heterocycles. The van der Waals surface area contributed by atoms with Crippen LogP contribution in [0.4, 0.5) is 5.69 Å². The first kappa shape index (κ1) is 14.7. The van der Waals surface area contributed by atoms with E-state index < -0.39 is 16.2 Å². The van der Waals surface area contributed by atoms with E-state index >= 15 is 0 Å². The average molecular weight is 289 g/mol. The summed E-state index contributed by atoms with van der Waals surface area (Å²) in [5.41, 5.74) is -0.301. The number of hydrogen-bond acceptors (Lipinski definition) is 4. The van der Waals surface area contributed by atoms with Gasteiger partial charge in [-0.3, -0.25) is 19.5 Å². The summed E-state index contributed by atoms with van der Waals surface area (Å²) in [7, 11) is 0. The SMILES string of the molecule is CCn1ccc(=O)n(CCc2ccccc2[N+](=O)[O-])c1=O. The zero-order valence-corrected chi connectivity index (χ0v) is 11.6. The second-order valence-corrected chi connectivity index (χ2v) is 4.51. The summed E-state index contributed by atoms with van der Waals surface area (Å²) in [6.07, 6.45) is 1.70. The zero-order chi connectivity index (χ0) is 15.4. The first-order chi connectivity index (χ1) is 10.0. The molecule has 7 nitrogen and oxygen atoms in total. The number of nitrogens with zero attached hydrogens (tertiary/aromatic N) is 3. The molecule has 0 atom stereocenters. The quantitative estimate of drug-likeness (QED) is 0.611. The minimum atomic E-state index is -0.465. The first-order valence-corrected chi connectivity index (χ1v) is 6.57. The number of nitro groups is 1. The van der Waals surface area contributed by atoms with Crippen molar-refractivity contribution in [1.29, 1.82) is 0 Å². The summed E-state index contributed by atoms with van der Waals surface area (Å²) in [6.45, 7) is 2.38. The zero-order valence-electron chi connectivity index (χ0n) is 11.6. The number of para-hydroxylation sites is 1. The Morgan fingerprint density at radius 1 is 1.19 bits per heavy atom. The highest BCUT2D eigenvalue weighted by molar-refractivity contribution is 5.39. The molecule has 1 aromatic carbocycles. The summed E-state index contributed by atoms with van der Waals surface area (Å²) in [5.74, 6) is 0. The van der Waals surface area contributed by atoms with Gasteiger partial charge in [0, 0.05) is 37.0 Å². The van der Waals surface area contributed by atoms with E-state index in [-0.39, 0.29) is 18.7 Å². The molecule has 2 rings (SSSR count). The van der Waals surface area contributed by atoms with Crippen LogP contribution in [0, 0.1) is 10.1 Å². The fraction of sp³-hybridized carbons (Fsp3) is 0.286. The van der Waals surface area contributed by atoms with Crippen LogP contribution >= 0.6 is 0 Å². The van der Waals surface area contributed by atoms with Crippen LogP contribution in [0.2, 0.25) is 0 Å². The number of hydrogen-bond donors (Lipinski definition) is 0. The van der Waals surface area contributed by atoms with Crippen molar-refractivity contribution in [2.75, 3.05) is 0 Å². The molecule has 0 N–H and O–H groups in total. The van der Waals surface area contributed by atoms with Crippen molar-refractivity contribution in [3.05, 3.63) is 73.0 Å². The maximum atomic E-state index is 12.1. The minimum absolute atomic E-state index is 0.00250. The molecule has 7 heteroatoms. The van der Waals surface area contributed by atoms with Gasteiger partial charge in [-0.05, 0) is 13.3 Å². The van der Waals surface area contributed by atoms with Gasteiger partial charge in [0.1, 0.15) is 0 Å². The molecular formula is C14H15N3O4. The summed E-state index contributed by atoms with van der Waals surface area (Å²) in [5, 5.41) is 10.9. The van der Waals surface area contributed by atoms with E-state index in [1.807, 2.05) is 0 Å². The first-order valence-electron chi connectivity index (χ1n) is 6.57. The fourth-order valence-electron chi connectivity index (χ4n) is 2.14. The van der Waals surface area contributed by atoms with Crippen LogP contribution in [0.5, 0.6) is 0 Å². The summed E-state index contributed by atoms with van der Waals surface area (Å²) >= 11 is 0. The van der Waals surface area contributed by atoms with Crippen LogP contribution in [0.25, 0.3) is 0 Å². The van der Waals surface area contributed by atoms with Crippen molar-refractivity contribution < 1.29 is 4.92 Å². The average Bonchev–Trinajstić information content (AvgIpc) is 2.47. The van der Waals surface area contributed by atoms with Gasteiger partial charge in [0.15, 0.2) is 0 Å². The smallest absolute Gasteiger partial charge is 0.301 e. The standard InChI is InChI=1S/C14H15N3O4/c1-2-15-9-8-13(18)16(14(15)19)10-7-11-5-3-4-6-12(11)17(20)21/h3-6,8-9H,2,7,10H2,1H3. The van der Waals surface area contributed by atoms with Gasteiger partial charge in [0.05, 0.1) is 4.92 Å². The van der Waals surface area contributed by atoms with Crippen molar-refractivity contribution in [3.63, 3.8) is 0 Å². The molecular weight excluding hydrogens is 274 g/mol. The molecule has 0 saturated carbocycles. The summed E-state index contributed by atoms with van der Waals surface area (Å²) in [4.78, 5) is 34.3. The van der Waals surface area contributed by atoms with Gasteiger partial charge in [0.25, 0.3) is 11.2 Å². The molecule has 1 aromatic heterocycles. The lowest BCUT2D eigenvalue weighted by molar-refractivity contribution is -0.385. The Balaban J connectivity index is 2.32. The van der Waals surface area contributed by atoms with E-state index in [0.29, 0.717) is 12.1 Å². The Hall–Kier alpha value is -2.70. The van der Waals surface area contributed by atoms with E-state index in [9.17, 15) is 19.7 Å². The van der Waals surface area contributed by atoms with E-state index in [0.717, 1.165) is 4.57 Å². The van der Waals surface area contributed by atoms with Gasteiger partial charge < -0.3 is 4.57 Å². The molecule has 1 heterocycles. The molecule has 0 radical (unpaired) electrons. The third-order valence-electron chi connectivity index (χ3n) is 3.27. The van der Waals surface area contributed by atoms with Crippen LogP contribution in [0.15, 0.2) is 46.1 Å². The Morgan fingerprint density at radius 2 is 1.90 bits per heavy atom. The second kappa shape index (κ2) is 6.17. The normalized spacial score (nSPS) is 10.5. The topological polar surface area (TPSA) is 87.1 Å². The second-order valence-electron chi connectivity index (χ2n) is 4.51. The number of aromatic nitrogens is 2. The van der Waals surface area contributed by atoms with Gasteiger partial charge in [-0.1, -0.05) is 18.2 Å². The van der Waals surface area contributed by atoms with E-state index in [4.69, 9.17) is 0 Å². The number of benzene rings is 1. The van der Waals surface area contributed by atoms with Crippen molar-refractivity contribution in [3.8, 4) is 0 Å². The molecule has 0 fully saturated rings.